The highest BCUT2D eigenvalue weighted by molar-refractivity contribution is 7.84. The molecule has 0 bridgehead atoms. The van der Waals surface area contributed by atoms with Crippen molar-refractivity contribution in [1.82, 2.24) is 19.3 Å². The summed E-state index contributed by atoms with van der Waals surface area (Å²) in [5.74, 6) is 0.0460. The number of carbonyl (C=O) groups is 1. The number of nitrogens with one attached hydrogen (secondary N) is 2. The molecule has 0 aliphatic heterocycles. The van der Waals surface area contributed by atoms with Crippen molar-refractivity contribution in [2.75, 3.05) is 12.4 Å². The zero-order chi connectivity index (χ0) is 26.2. The number of carbonyl (C=O) groups excluding carboxylic acids is 1. The topological polar surface area (TPSA) is 135 Å². The average molecular weight is 562 g/mol. The number of hydrogen-bond acceptors (Lipinski definition) is 9. The van der Waals surface area contributed by atoms with Crippen molar-refractivity contribution in [3.05, 3.63) is 76.3 Å². The molecule has 0 radical (unpaired) electrons. The number of hydrogen-bond donors (Lipinski definition) is 3. The first kappa shape index (κ1) is 25.8. The molecular weight excluding hydrogens is 538 g/mol. The van der Waals surface area contributed by atoms with Crippen LogP contribution in [-0.4, -0.2) is 59.1 Å². The summed E-state index contributed by atoms with van der Waals surface area (Å²) in [6, 6.07) is 7.20. The third kappa shape index (κ3) is 5.69. The summed E-state index contributed by atoms with van der Waals surface area (Å²) in [5.41, 5.74) is 1.86. The number of aliphatic hydroxyl groups excluding tert-OH is 1. The Labute approximate surface area is 222 Å². The summed E-state index contributed by atoms with van der Waals surface area (Å²) in [6.45, 7) is 0.584. The Morgan fingerprint density at radius 3 is 2.97 bits per heavy atom. The van der Waals surface area contributed by atoms with Gasteiger partial charge < -0.3 is 15.0 Å². The molecule has 10 nitrogen and oxygen atoms in total. The van der Waals surface area contributed by atoms with Crippen molar-refractivity contribution in [1.29, 1.82) is 0 Å². The zero-order valence-corrected chi connectivity index (χ0v) is 22.1. The maximum absolute atomic E-state index is 13.4. The number of aromatic nitrogens is 3. The first-order valence-corrected chi connectivity index (χ1v) is 14.1. The van der Waals surface area contributed by atoms with Gasteiger partial charge in [-0.05, 0) is 53.4 Å². The van der Waals surface area contributed by atoms with E-state index in [1.54, 1.807) is 23.6 Å². The highest BCUT2D eigenvalue weighted by Gasteiger charge is 2.37. The molecular formula is C24H24ClN5O5S2. The maximum Gasteiger partial charge on any atom is 0.335 e. The lowest BCUT2D eigenvalue weighted by Gasteiger charge is -2.15. The number of thiophene rings is 1. The smallest absolute Gasteiger partial charge is 0.335 e. The standard InChI is InChI=1S/C24H24ClN5O5S2/c1-26-37(33,34)35-21-8-17(7-20(21)31)29-24-19(9-27-13-28-24)23(32)14-4-5-30(10-14)11-15-12-36-22-3-2-16(25)6-18(15)22/h2-6,9-10,12-13,17,20-21,26,31H,7-8,11H2,1H3,(H,27,28,29)/t17-,20+,21-/m1/s1. The van der Waals surface area contributed by atoms with Gasteiger partial charge in [-0.15, -0.1) is 11.3 Å². The fourth-order valence-electron chi connectivity index (χ4n) is 4.42. The molecule has 3 atom stereocenters. The average Bonchev–Trinajstić information content (AvgIpc) is 3.59. The van der Waals surface area contributed by atoms with Crippen molar-refractivity contribution in [3.8, 4) is 0 Å². The van der Waals surface area contributed by atoms with Gasteiger partial charge in [0.2, 0.25) is 0 Å². The van der Waals surface area contributed by atoms with E-state index in [9.17, 15) is 18.3 Å². The van der Waals surface area contributed by atoms with E-state index in [0.717, 1.165) is 15.6 Å². The molecule has 1 aliphatic carbocycles. The number of fused-ring (bicyclic) bond motifs is 1. The van der Waals surface area contributed by atoms with Gasteiger partial charge in [0.1, 0.15) is 18.2 Å². The molecule has 3 heterocycles. The van der Waals surface area contributed by atoms with Crippen molar-refractivity contribution >= 4 is 54.9 Å². The third-order valence-electron chi connectivity index (χ3n) is 6.25. The van der Waals surface area contributed by atoms with Crippen LogP contribution in [0.5, 0.6) is 0 Å². The summed E-state index contributed by atoms with van der Waals surface area (Å²) in [7, 11) is -2.71. The lowest BCUT2D eigenvalue weighted by atomic mass is 10.1. The minimum Gasteiger partial charge on any atom is -0.390 e. The van der Waals surface area contributed by atoms with Crippen LogP contribution in [0.15, 0.2) is 54.6 Å². The van der Waals surface area contributed by atoms with E-state index < -0.39 is 22.5 Å². The van der Waals surface area contributed by atoms with E-state index in [2.05, 4.69) is 25.4 Å². The predicted molar refractivity (Wildman–Crippen MR) is 141 cm³/mol. The Bertz CT molecular complexity index is 1550. The third-order valence-corrected chi connectivity index (χ3v) is 8.50. The molecule has 1 aromatic carbocycles. The molecule has 37 heavy (non-hydrogen) atoms. The second-order valence-corrected chi connectivity index (χ2v) is 11.6. The Morgan fingerprint density at radius 2 is 2.16 bits per heavy atom. The van der Waals surface area contributed by atoms with Gasteiger partial charge in [-0.25, -0.2) is 9.97 Å². The summed E-state index contributed by atoms with van der Waals surface area (Å²) in [4.78, 5) is 21.6. The summed E-state index contributed by atoms with van der Waals surface area (Å²) in [5, 5.41) is 17.3. The van der Waals surface area contributed by atoms with Gasteiger partial charge in [0.05, 0.1) is 11.7 Å². The van der Waals surface area contributed by atoms with Crippen LogP contribution >= 0.6 is 22.9 Å². The minimum atomic E-state index is -3.95. The Balaban J connectivity index is 1.30. The summed E-state index contributed by atoms with van der Waals surface area (Å²) >= 11 is 7.82. The number of anilines is 1. The molecule has 5 rings (SSSR count). The van der Waals surface area contributed by atoms with E-state index in [1.807, 2.05) is 29.0 Å². The Morgan fingerprint density at radius 1 is 1.32 bits per heavy atom. The van der Waals surface area contributed by atoms with Crippen LogP contribution in [0.3, 0.4) is 0 Å². The fourth-order valence-corrected chi connectivity index (χ4v) is 6.15. The molecule has 4 aromatic rings. The van der Waals surface area contributed by atoms with Crippen LogP contribution in [0, 0.1) is 0 Å². The van der Waals surface area contributed by atoms with E-state index in [-0.39, 0.29) is 30.2 Å². The molecule has 194 valence electrons. The molecule has 0 spiro atoms. The van der Waals surface area contributed by atoms with Gasteiger partial charge in [0, 0.05) is 53.5 Å². The highest BCUT2D eigenvalue weighted by atomic mass is 35.5. The zero-order valence-electron chi connectivity index (χ0n) is 19.7. The number of ketones is 1. The lowest BCUT2D eigenvalue weighted by Crippen LogP contribution is -2.31. The van der Waals surface area contributed by atoms with E-state index >= 15 is 0 Å². The summed E-state index contributed by atoms with van der Waals surface area (Å²) < 4.78 is 33.6. The normalized spacial score (nSPS) is 19.9. The molecule has 0 unspecified atom stereocenters. The molecule has 1 aliphatic rings. The Hall–Kier alpha value is -2.87. The quantitative estimate of drug-likeness (QED) is 0.265. The Kier molecular flexibility index (Phi) is 7.30. The SMILES string of the molecule is CNS(=O)(=O)O[C@@H]1C[C@H](Nc2ncncc2C(=O)c2ccn(Cc3csc4ccc(Cl)cc34)c2)C[C@@H]1O. The summed E-state index contributed by atoms with van der Waals surface area (Å²) in [6.07, 6.45) is 4.93. The van der Waals surface area contributed by atoms with Gasteiger partial charge in [-0.3, -0.25) is 8.98 Å². The van der Waals surface area contributed by atoms with E-state index in [4.69, 9.17) is 15.8 Å². The number of halogens is 1. The number of rotatable bonds is 9. The number of aliphatic hydroxyl groups is 1. The molecule has 1 fully saturated rings. The van der Waals surface area contributed by atoms with Crippen LogP contribution in [0.2, 0.25) is 5.02 Å². The minimum absolute atomic E-state index is 0.217. The van der Waals surface area contributed by atoms with E-state index in [1.165, 1.54) is 19.6 Å². The van der Waals surface area contributed by atoms with Gasteiger partial charge in [0.15, 0.2) is 5.78 Å². The van der Waals surface area contributed by atoms with Gasteiger partial charge in [-0.2, -0.15) is 13.1 Å². The molecule has 0 saturated heterocycles. The maximum atomic E-state index is 13.4. The number of nitrogens with zero attached hydrogens (tertiary/aromatic N) is 3. The molecule has 1 saturated carbocycles. The highest BCUT2D eigenvalue weighted by Crippen LogP contribution is 2.30. The lowest BCUT2D eigenvalue weighted by molar-refractivity contribution is 0.0636. The largest absolute Gasteiger partial charge is 0.390 e. The molecule has 13 heteroatoms. The van der Waals surface area contributed by atoms with Crippen molar-refractivity contribution in [3.63, 3.8) is 0 Å². The van der Waals surface area contributed by atoms with Gasteiger partial charge >= 0.3 is 10.3 Å². The predicted octanol–water partition coefficient (Wildman–Crippen LogP) is 3.21. The van der Waals surface area contributed by atoms with Crippen molar-refractivity contribution in [2.45, 2.75) is 37.6 Å². The van der Waals surface area contributed by atoms with Crippen LogP contribution < -0.4 is 10.0 Å². The van der Waals surface area contributed by atoms with Crippen molar-refractivity contribution in [2.24, 2.45) is 0 Å². The van der Waals surface area contributed by atoms with E-state index in [0.29, 0.717) is 22.9 Å². The first-order valence-electron chi connectivity index (χ1n) is 11.4. The molecule has 3 aromatic heterocycles. The van der Waals surface area contributed by atoms with Crippen LogP contribution in [0.4, 0.5) is 5.82 Å². The fraction of sp³-hybridized carbons (Fsp3) is 0.292. The van der Waals surface area contributed by atoms with Gasteiger partial charge in [-0.1, -0.05) is 11.6 Å². The van der Waals surface area contributed by atoms with Crippen LogP contribution in [0.25, 0.3) is 10.1 Å². The first-order chi connectivity index (χ1) is 17.7. The van der Waals surface area contributed by atoms with Crippen LogP contribution in [-0.2, 0) is 21.0 Å². The van der Waals surface area contributed by atoms with Gasteiger partial charge in [0.25, 0.3) is 0 Å². The molecule has 3 N–H and O–H groups in total. The van der Waals surface area contributed by atoms with Crippen molar-refractivity contribution < 1.29 is 22.5 Å². The second kappa shape index (κ2) is 10.5. The van der Waals surface area contributed by atoms with Crippen LogP contribution in [0.1, 0.15) is 34.3 Å². The second-order valence-electron chi connectivity index (χ2n) is 8.76. The molecule has 0 amide bonds. The monoisotopic (exact) mass is 561 g/mol. The number of benzene rings is 1.